The zero-order chi connectivity index (χ0) is 14.5. The van der Waals surface area contributed by atoms with Crippen molar-refractivity contribution < 1.29 is 9.32 Å². The molecule has 0 saturated carbocycles. The highest BCUT2D eigenvalue weighted by atomic mass is 35.5. The van der Waals surface area contributed by atoms with Gasteiger partial charge in [0.25, 0.3) is 0 Å². The number of aromatic nitrogens is 2. The van der Waals surface area contributed by atoms with Crippen molar-refractivity contribution in [2.45, 2.75) is 25.9 Å². The van der Waals surface area contributed by atoms with Crippen molar-refractivity contribution in [3.63, 3.8) is 0 Å². The molecule has 1 aromatic heterocycles. The number of halogens is 1. The van der Waals surface area contributed by atoms with Crippen molar-refractivity contribution in [1.29, 1.82) is 0 Å². The van der Waals surface area contributed by atoms with Crippen LogP contribution in [0.15, 0.2) is 34.9 Å². The molecule has 1 atom stereocenters. The van der Waals surface area contributed by atoms with Crippen molar-refractivity contribution in [2.75, 3.05) is 7.05 Å². The molecule has 21 heavy (non-hydrogen) atoms. The zero-order valence-electron chi connectivity index (χ0n) is 12.0. The van der Waals surface area contributed by atoms with Crippen LogP contribution in [0.1, 0.15) is 29.7 Å². The van der Waals surface area contributed by atoms with Crippen LogP contribution >= 0.6 is 12.4 Å². The third-order valence-corrected chi connectivity index (χ3v) is 3.00. The Bertz CT molecular complexity index is 573. The van der Waals surface area contributed by atoms with Crippen LogP contribution in [-0.2, 0) is 11.3 Å². The molecule has 114 valence electrons. The summed E-state index contributed by atoms with van der Waals surface area (Å²) in [4.78, 5) is 17.7. The minimum atomic E-state index is -0.307. The zero-order valence-corrected chi connectivity index (χ0v) is 12.8. The highest BCUT2D eigenvalue weighted by Gasteiger charge is 2.16. The summed E-state index contributed by atoms with van der Waals surface area (Å²) in [5.74, 6) is 0.928. The number of hydrogen-bond donors (Lipinski definition) is 1. The van der Waals surface area contributed by atoms with Gasteiger partial charge in [-0.3, -0.25) is 4.79 Å². The Morgan fingerprint density at radius 2 is 2.05 bits per heavy atom. The monoisotopic (exact) mass is 310 g/mol. The summed E-state index contributed by atoms with van der Waals surface area (Å²) in [6.07, 6.45) is 0.247. The second-order valence-corrected chi connectivity index (χ2v) is 4.70. The Balaban J connectivity index is 0.00000220. The Morgan fingerprint density at radius 3 is 2.62 bits per heavy atom. The summed E-state index contributed by atoms with van der Waals surface area (Å²) in [6.45, 7) is 2.03. The molecule has 2 rings (SSSR count). The van der Waals surface area contributed by atoms with Crippen LogP contribution in [0.4, 0.5) is 0 Å². The summed E-state index contributed by atoms with van der Waals surface area (Å²) in [5.41, 5.74) is 6.98. The second-order valence-electron chi connectivity index (χ2n) is 4.70. The largest absolute Gasteiger partial charge is 0.340 e. The van der Waals surface area contributed by atoms with E-state index in [0.717, 1.165) is 5.56 Å². The molecule has 6 nitrogen and oxygen atoms in total. The van der Waals surface area contributed by atoms with E-state index < -0.39 is 0 Å². The van der Waals surface area contributed by atoms with Crippen LogP contribution in [0.2, 0.25) is 0 Å². The van der Waals surface area contributed by atoms with E-state index in [1.165, 1.54) is 0 Å². The Labute approximate surface area is 129 Å². The van der Waals surface area contributed by atoms with Gasteiger partial charge in [-0.2, -0.15) is 4.98 Å². The molecule has 2 aromatic rings. The second kappa shape index (κ2) is 7.75. The maximum Gasteiger partial charge on any atom is 0.224 e. The van der Waals surface area contributed by atoms with Gasteiger partial charge in [0.05, 0.1) is 6.54 Å². The average Bonchev–Trinajstić information content (AvgIpc) is 2.85. The lowest BCUT2D eigenvalue weighted by molar-refractivity contribution is -0.130. The van der Waals surface area contributed by atoms with Gasteiger partial charge >= 0.3 is 0 Å². The summed E-state index contributed by atoms with van der Waals surface area (Å²) in [5, 5.41) is 3.76. The first kappa shape index (κ1) is 17.1. The van der Waals surface area contributed by atoms with Crippen LogP contribution in [0.5, 0.6) is 0 Å². The number of carbonyl (C=O) groups is 1. The van der Waals surface area contributed by atoms with Crippen molar-refractivity contribution in [3.8, 4) is 0 Å². The van der Waals surface area contributed by atoms with Gasteiger partial charge in [-0.15, -0.1) is 12.4 Å². The molecule has 2 N–H and O–H groups in total. The fraction of sp³-hybridized carbons (Fsp3) is 0.357. The molecule has 0 radical (unpaired) electrons. The van der Waals surface area contributed by atoms with E-state index in [2.05, 4.69) is 10.1 Å². The fourth-order valence-electron chi connectivity index (χ4n) is 1.87. The maximum absolute atomic E-state index is 12.1. The molecule has 1 heterocycles. The first-order chi connectivity index (χ1) is 9.56. The van der Waals surface area contributed by atoms with Crippen molar-refractivity contribution >= 4 is 18.3 Å². The molecule has 7 heteroatoms. The van der Waals surface area contributed by atoms with Gasteiger partial charge in [-0.25, -0.2) is 0 Å². The molecule has 0 fully saturated rings. The smallest absolute Gasteiger partial charge is 0.224 e. The number of rotatable bonds is 5. The molecule has 0 aliphatic rings. The SMILES string of the molecule is Cc1nc(CN(C)C(=O)CC(N)c2ccccc2)no1.Cl. The molecular weight excluding hydrogens is 292 g/mol. The summed E-state index contributed by atoms with van der Waals surface area (Å²) < 4.78 is 4.87. The van der Waals surface area contributed by atoms with E-state index in [9.17, 15) is 4.79 Å². The minimum Gasteiger partial charge on any atom is -0.340 e. The summed E-state index contributed by atoms with van der Waals surface area (Å²) in [6, 6.07) is 9.26. The lowest BCUT2D eigenvalue weighted by atomic mass is 10.0. The highest BCUT2D eigenvalue weighted by Crippen LogP contribution is 2.14. The van der Waals surface area contributed by atoms with Gasteiger partial charge in [0.1, 0.15) is 0 Å². The quantitative estimate of drug-likeness (QED) is 0.911. The van der Waals surface area contributed by atoms with E-state index in [4.69, 9.17) is 10.3 Å². The van der Waals surface area contributed by atoms with Crippen LogP contribution in [0, 0.1) is 6.92 Å². The van der Waals surface area contributed by atoms with Gasteiger partial charge in [0.2, 0.25) is 11.8 Å². The van der Waals surface area contributed by atoms with E-state index in [1.807, 2.05) is 30.3 Å². The summed E-state index contributed by atoms with van der Waals surface area (Å²) >= 11 is 0. The van der Waals surface area contributed by atoms with E-state index in [0.29, 0.717) is 18.3 Å². The molecule has 0 aliphatic heterocycles. The molecule has 1 amide bonds. The van der Waals surface area contributed by atoms with Gasteiger partial charge in [0, 0.05) is 26.4 Å². The number of amides is 1. The maximum atomic E-state index is 12.1. The number of nitrogens with two attached hydrogens (primary N) is 1. The number of carbonyl (C=O) groups excluding carboxylic acids is 1. The molecule has 0 saturated heterocycles. The fourth-order valence-corrected chi connectivity index (χ4v) is 1.87. The van der Waals surface area contributed by atoms with Crippen LogP contribution in [0.3, 0.4) is 0 Å². The third-order valence-electron chi connectivity index (χ3n) is 3.00. The molecule has 0 bridgehead atoms. The Kier molecular flexibility index (Phi) is 6.33. The first-order valence-corrected chi connectivity index (χ1v) is 6.40. The number of benzene rings is 1. The first-order valence-electron chi connectivity index (χ1n) is 6.40. The Morgan fingerprint density at radius 1 is 1.38 bits per heavy atom. The van der Waals surface area contributed by atoms with Crippen molar-refractivity contribution in [2.24, 2.45) is 5.73 Å². The number of nitrogens with zero attached hydrogens (tertiary/aromatic N) is 3. The average molecular weight is 311 g/mol. The Hall–Kier alpha value is -1.92. The highest BCUT2D eigenvalue weighted by molar-refractivity contribution is 5.85. The molecule has 1 aromatic carbocycles. The molecule has 1 unspecified atom stereocenters. The van der Waals surface area contributed by atoms with E-state index in [1.54, 1.807) is 18.9 Å². The molecular formula is C14H19ClN4O2. The standard InChI is InChI=1S/C14H18N4O2.ClH/c1-10-16-13(17-20-10)9-18(2)14(19)8-12(15)11-6-4-3-5-7-11;/h3-7,12H,8-9,15H2,1-2H3;1H. The predicted molar refractivity (Wildman–Crippen MR) is 80.7 cm³/mol. The van der Waals surface area contributed by atoms with E-state index >= 15 is 0 Å². The lowest BCUT2D eigenvalue weighted by Crippen LogP contribution is -2.29. The van der Waals surface area contributed by atoms with Crippen LogP contribution in [-0.4, -0.2) is 28.0 Å². The lowest BCUT2D eigenvalue weighted by Gasteiger charge is -2.18. The predicted octanol–water partition coefficient (Wildman–Crippen LogP) is 1.85. The number of aryl methyl sites for hydroxylation is 1. The third kappa shape index (κ3) is 4.84. The van der Waals surface area contributed by atoms with Crippen molar-refractivity contribution in [3.05, 3.63) is 47.6 Å². The summed E-state index contributed by atoms with van der Waals surface area (Å²) in [7, 11) is 1.70. The topological polar surface area (TPSA) is 85.2 Å². The van der Waals surface area contributed by atoms with Crippen LogP contribution in [0.25, 0.3) is 0 Å². The normalized spacial score (nSPS) is 11.6. The molecule has 0 spiro atoms. The van der Waals surface area contributed by atoms with Gasteiger partial charge in [0.15, 0.2) is 5.82 Å². The van der Waals surface area contributed by atoms with Gasteiger partial charge < -0.3 is 15.2 Å². The minimum absolute atomic E-state index is 0. The van der Waals surface area contributed by atoms with Crippen molar-refractivity contribution in [1.82, 2.24) is 15.0 Å². The molecule has 0 aliphatic carbocycles. The van der Waals surface area contributed by atoms with Gasteiger partial charge in [-0.05, 0) is 5.56 Å². The van der Waals surface area contributed by atoms with Gasteiger partial charge in [-0.1, -0.05) is 35.5 Å². The number of hydrogen-bond acceptors (Lipinski definition) is 5. The van der Waals surface area contributed by atoms with E-state index in [-0.39, 0.29) is 30.8 Å². The van der Waals surface area contributed by atoms with Crippen LogP contribution < -0.4 is 5.73 Å².